The molecule has 5 nitrogen and oxygen atoms in total. The Bertz CT molecular complexity index is 372. The molecule has 2 amide bonds. The van der Waals surface area contributed by atoms with Crippen LogP contribution in [0, 0.1) is 11.8 Å². The Hall–Kier alpha value is -1.10. The topological polar surface area (TPSA) is 69.6 Å². The number of aliphatic hydroxyl groups excluding tert-OH is 1. The van der Waals surface area contributed by atoms with Crippen LogP contribution in [-0.2, 0) is 9.59 Å². The number of rotatable bonds is 3. The Balaban J connectivity index is 1.98. The SMILES string of the molecule is CC1CCCC(CO)(NC(=O)C2CC(=O)N(C)C2)C1. The van der Waals surface area contributed by atoms with Crippen molar-refractivity contribution in [3.63, 3.8) is 0 Å². The van der Waals surface area contributed by atoms with Crippen LogP contribution in [0.1, 0.15) is 39.0 Å². The van der Waals surface area contributed by atoms with Crippen molar-refractivity contribution in [1.82, 2.24) is 10.2 Å². The number of carbonyl (C=O) groups excluding carboxylic acids is 2. The fourth-order valence-corrected chi connectivity index (χ4v) is 3.36. The molecule has 108 valence electrons. The van der Waals surface area contributed by atoms with Crippen LogP contribution in [0.2, 0.25) is 0 Å². The van der Waals surface area contributed by atoms with E-state index in [1.807, 2.05) is 0 Å². The Labute approximate surface area is 114 Å². The number of carbonyl (C=O) groups is 2. The Kier molecular flexibility index (Phi) is 4.13. The standard InChI is InChI=1S/C14H24N2O3/c1-10-4-3-5-14(7-10,9-17)15-13(19)11-6-12(18)16(2)8-11/h10-11,17H,3-9H2,1-2H3,(H,15,19). The molecule has 1 saturated carbocycles. The molecule has 0 spiro atoms. The van der Waals surface area contributed by atoms with Crippen molar-refractivity contribution in [3.05, 3.63) is 0 Å². The number of nitrogens with one attached hydrogen (secondary N) is 1. The molecule has 2 fully saturated rings. The second-order valence-corrected chi connectivity index (χ2v) is 6.30. The van der Waals surface area contributed by atoms with Crippen molar-refractivity contribution in [2.75, 3.05) is 20.2 Å². The summed E-state index contributed by atoms with van der Waals surface area (Å²) in [5.74, 6) is 0.198. The van der Waals surface area contributed by atoms with Gasteiger partial charge in [-0.2, -0.15) is 0 Å². The van der Waals surface area contributed by atoms with Gasteiger partial charge < -0.3 is 15.3 Å². The minimum atomic E-state index is -0.473. The van der Waals surface area contributed by atoms with Gasteiger partial charge in [-0.05, 0) is 18.8 Å². The van der Waals surface area contributed by atoms with E-state index >= 15 is 0 Å². The average molecular weight is 268 g/mol. The second kappa shape index (κ2) is 5.49. The molecule has 0 radical (unpaired) electrons. The summed E-state index contributed by atoms with van der Waals surface area (Å²) in [7, 11) is 1.72. The molecule has 2 rings (SSSR count). The average Bonchev–Trinajstić information content (AvgIpc) is 2.70. The van der Waals surface area contributed by atoms with Crippen LogP contribution in [0.25, 0.3) is 0 Å². The fourth-order valence-electron chi connectivity index (χ4n) is 3.36. The molecule has 1 aliphatic heterocycles. The van der Waals surface area contributed by atoms with E-state index in [4.69, 9.17) is 0 Å². The predicted octanol–water partition coefficient (Wildman–Crippen LogP) is 0.522. The maximum absolute atomic E-state index is 12.3. The number of aliphatic hydroxyl groups is 1. The Morgan fingerprint density at radius 3 is 2.84 bits per heavy atom. The van der Waals surface area contributed by atoms with Crippen LogP contribution < -0.4 is 5.32 Å². The van der Waals surface area contributed by atoms with Crippen LogP contribution in [0.5, 0.6) is 0 Å². The third-order valence-corrected chi connectivity index (χ3v) is 4.49. The predicted molar refractivity (Wildman–Crippen MR) is 71.3 cm³/mol. The first-order chi connectivity index (χ1) is 8.96. The van der Waals surface area contributed by atoms with Gasteiger partial charge in [0, 0.05) is 20.0 Å². The lowest BCUT2D eigenvalue weighted by atomic mass is 9.76. The molecule has 1 aliphatic carbocycles. The third-order valence-electron chi connectivity index (χ3n) is 4.49. The highest BCUT2D eigenvalue weighted by Gasteiger charge is 2.39. The highest BCUT2D eigenvalue weighted by Crippen LogP contribution is 2.32. The van der Waals surface area contributed by atoms with Gasteiger partial charge in [-0.1, -0.05) is 19.8 Å². The molecule has 2 aliphatic rings. The van der Waals surface area contributed by atoms with E-state index in [-0.39, 0.29) is 24.3 Å². The molecule has 19 heavy (non-hydrogen) atoms. The molecular weight excluding hydrogens is 244 g/mol. The second-order valence-electron chi connectivity index (χ2n) is 6.30. The van der Waals surface area contributed by atoms with Gasteiger partial charge in [-0.25, -0.2) is 0 Å². The molecule has 0 aromatic heterocycles. The van der Waals surface area contributed by atoms with Crippen molar-refractivity contribution >= 4 is 11.8 Å². The van der Waals surface area contributed by atoms with Gasteiger partial charge in [0.05, 0.1) is 18.1 Å². The summed E-state index contributed by atoms with van der Waals surface area (Å²) >= 11 is 0. The summed E-state index contributed by atoms with van der Waals surface area (Å²) in [4.78, 5) is 25.4. The highest BCUT2D eigenvalue weighted by atomic mass is 16.3. The van der Waals surface area contributed by atoms with Gasteiger partial charge in [0.25, 0.3) is 0 Å². The van der Waals surface area contributed by atoms with Crippen molar-refractivity contribution in [3.8, 4) is 0 Å². The maximum atomic E-state index is 12.3. The molecular formula is C14H24N2O3. The Morgan fingerprint density at radius 2 is 2.32 bits per heavy atom. The van der Waals surface area contributed by atoms with E-state index in [0.29, 0.717) is 18.9 Å². The zero-order valence-corrected chi connectivity index (χ0v) is 11.8. The first kappa shape index (κ1) is 14.3. The van der Waals surface area contributed by atoms with Crippen molar-refractivity contribution in [2.45, 2.75) is 44.6 Å². The summed E-state index contributed by atoms with van der Waals surface area (Å²) < 4.78 is 0. The molecule has 0 bridgehead atoms. The normalized spacial score (nSPS) is 35.5. The number of hydrogen-bond acceptors (Lipinski definition) is 3. The number of nitrogens with zero attached hydrogens (tertiary/aromatic N) is 1. The van der Waals surface area contributed by atoms with Gasteiger partial charge in [-0.15, -0.1) is 0 Å². The van der Waals surface area contributed by atoms with Crippen molar-refractivity contribution in [1.29, 1.82) is 0 Å². The zero-order valence-electron chi connectivity index (χ0n) is 11.8. The van der Waals surface area contributed by atoms with E-state index in [9.17, 15) is 14.7 Å². The molecule has 3 unspecified atom stereocenters. The lowest BCUT2D eigenvalue weighted by molar-refractivity contribution is -0.130. The van der Waals surface area contributed by atoms with Gasteiger partial charge in [0.2, 0.25) is 11.8 Å². The van der Waals surface area contributed by atoms with E-state index in [1.54, 1.807) is 11.9 Å². The lowest BCUT2D eigenvalue weighted by Crippen LogP contribution is -2.55. The van der Waals surface area contributed by atoms with Crippen LogP contribution in [0.15, 0.2) is 0 Å². The molecule has 3 atom stereocenters. The Morgan fingerprint density at radius 1 is 1.58 bits per heavy atom. The van der Waals surface area contributed by atoms with Crippen molar-refractivity contribution in [2.24, 2.45) is 11.8 Å². The maximum Gasteiger partial charge on any atom is 0.225 e. The monoisotopic (exact) mass is 268 g/mol. The summed E-state index contributed by atoms with van der Waals surface area (Å²) in [5.41, 5.74) is -0.473. The smallest absolute Gasteiger partial charge is 0.225 e. The first-order valence-corrected chi connectivity index (χ1v) is 7.12. The van der Waals surface area contributed by atoms with Gasteiger partial charge in [0.1, 0.15) is 0 Å². The van der Waals surface area contributed by atoms with Gasteiger partial charge in [-0.3, -0.25) is 9.59 Å². The van der Waals surface area contributed by atoms with E-state index in [1.165, 1.54) is 0 Å². The third kappa shape index (κ3) is 3.08. The molecule has 0 aromatic rings. The molecule has 5 heteroatoms. The lowest BCUT2D eigenvalue weighted by Gasteiger charge is -2.40. The van der Waals surface area contributed by atoms with Crippen LogP contribution >= 0.6 is 0 Å². The highest BCUT2D eigenvalue weighted by molar-refractivity contribution is 5.89. The zero-order chi connectivity index (χ0) is 14.0. The van der Waals surface area contributed by atoms with Crippen LogP contribution in [-0.4, -0.2) is 47.6 Å². The molecule has 1 heterocycles. The van der Waals surface area contributed by atoms with Crippen molar-refractivity contribution < 1.29 is 14.7 Å². The first-order valence-electron chi connectivity index (χ1n) is 7.12. The summed E-state index contributed by atoms with van der Waals surface area (Å²) in [5, 5.41) is 12.7. The quantitative estimate of drug-likeness (QED) is 0.784. The molecule has 0 aromatic carbocycles. The summed E-state index contributed by atoms with van der Waals surface area (Å²) in [6.07, 6.45) is 4.13. The van der Waals surface area contributed by atoms with E-state index in [0.717, 1.165) is 25.7 Å². The van der Waals surface area contributed by atoms with E-state index < -0.39 is 5.54 Å². The summed E-state index contributed by atoms with van der Waals surface area (Å²) in [6, 6.07) is 0. The number of hydrogen-bond donors (Lipinski definition) is 2. The van der Waals surface area contributed by atoms with Gasteiger partial charge >= 0.3 is 0 Å². The van der Waals surface area contributed by atoms with Crippen LogP contribution in [0.3, 0.4) is 0 Å². The van der Waals surface area contributed by atoms with Crippen LogP contribution in [0.4, 0.5) is 0 Å². The number of amides is 2. The fraction of sp³-hybridized carbons (Fsp3) is 0.857. The number of likely N-dealkylation sites (tertiary alicyclic amines) is 1. The van der Waals surface area contributed by atoms with Gasteiger partial charge in [0.15, 0.2) is 0 Å². The summed E-state index contributed by atoms with van der Waals surface area (Å²) in [6.45, 7) is 2.63. The van der Waals surface area contributed by atoms with E-state index in [2.05, 4.69) is 12.2 Å². The molecule has 2 N–H and O–H groups in total. The molecule has 1 saturated heterocycles. The minimum Gasteiger partial charge on any atom is -0.394 e. The largest absolute Gasteiger partial charge is 0.394 e. The minimum absolute atomic E-state index is 0.0143.